The van der Waals surface area contributed by atoms with Crippen LogP contribution in [0.2, 0.25) is 0 Å². The first-order valence-electron chi connectivity index (χ1n) is 5.89. The molecule has 0 aromatic carbocycles. The largest absolute Gasteiger partial charge is 0.465 e. The van der Waals surface area contributed by atoms with E-state index in [-0.39, 0.29) is 11.4 Å². The first kappa shape index (κ1) is 14.4. The molecule has 0 saturated carbocycles. The Balaban J connectivity index is 2.85. The van der Waals surface area contributed by atoms with Gasteiger partial charge in [0.25, 0.3) is 0 Å². The number of thioether (sulfide) groups is 1. The topological polar surface area (TPSA) is 38.3 Å². The van der Waals surface area contributed by atoms with Crippen molar-refractivity contribution in [2.24, 2.45) is 5.41 Å². The highest BCUT2D eigenvalue weighted by molar-refractivity contribution is 7.99. The lowest BCUT2D eigenvalue weighted by molar-refractivity contribution is -0.151. The molecule has 1 rings (SSSR count). The summed E-state index contributed by atoms with van der Waals surface area (Å²) in [6.45, 7) is 6.97. The van der Waals surface area contributed by atoms with Gasteiger partial charge in [0.15, 0.2) is 0 Å². The van der Waals surface area contributed by atoms with Crippen LogP contribution in [0.25, 0.3) is 0 Å². The second kappa shape index (κ2) is 5.79. The van der Waals surface area contributed by atoms with E-state index in [1.807, 2.05) is 6.92 Å². The Morgan fingerprint density at radius 1 is 1.53 bits per heavy atom. The maximum Gasteiger partial charge on any atom is 0.327 e. The number of carbonyl (C=O) groups is 1. The van der Waals surface area contributed by atoms with Crippen LogP contribution in [0.15, 0.2) is 0 Å². The fourth-order valence-electron chi connectivity index (χ4n) is 2.23. The molecule has 96 valence electrons. The third-order valence-corrected chi connectivity index (χ3v) is 4.50. The minimum Gasteiger partial charge on any atom is -0.465 e. The highest BCUT2D eigenvalue weighted by Crippen LogP contribution is 2.39. The Morgan fingerprint density at radius 2 is 2.24 bits per heavy atom. The molecule has 17 heavy (non-hydrogen) atoms. The second-order valence-corrected chi connectivity index (χ2v) is 6.18. The van der Waals surface area contributed by atoms with E-state index in [1.54, 1.807) is 11.8 Å². The van der Waals surface area contributed by atoms with Crippen LogP contribution < -0.4 is 5.32 Å². The van der Waals surface area contributed by atoms with Crippen molar-refractivity contribution >= 4 is 17.7 Å². The van der Waals surface area contributed by atoms with Crippen molar-refractivity contribution in [2.45, 2.75) is 32.7 Å². The zero-order valence-corrected chi connectivity index (χ0v) is 11.7. The van der Waals surface area contributed by atoms with E-state index in [0.29, 0.717) is 13.2 Å². The van der Waals surface area contributed by atoms with Gasteiger partial charge in [-0.15, -0.1) is 6.42 Å². The molecule has 0 spiro atoms. The van der Waals surface area contributed by atoms with Crippen LogP contribution in [0.5, 0.6) is 0 Å². The number of hydrogen-bond donors (Lipinski definition) is 1. The van der Waals surface area contributed by atoms with Crippen LogP contribution in [0.3, 0.4) is 0 Å². The molecule has 1 fully saturated rings. The molecule has 0 bridgehead atoms. The van der Waals surface area contributed by atoms with Crippen LogP contribution >= 0.6 is 11.8 Å². The second-order valence-electron chi connectivity index (χ2n) is 5.19. The molecule has 0 amide bonds. The highest BCUT2D eigenvalue weighted by atomic mass is 32.2. The van der Waals surface area contributed by atoms with Crippen molar-refractivity contribution < 1.29 is 9.53 Å². The molecule has 3 nitrogen and oxygen atoms in total. The van der Waals surface area contributed by atoms with Crippen LogP contribution in [0, 0.1) is 17.8 Å². The van der Waals surface area contributed by atoms with Crippen LogP contribution in [-0.4, -0.2) is 36.2 Å². The van der Waals surface area contributed by atoms with E-state index in [1.165, 1.54) is 0 Å². The third-order valence-electron chi connectivity index (χ3n) is 2.82. The van der Waals surface area contributed by atoms with E-state index in [0.717, 1.165) is 17.9 Å². The van der Waals surface area contributed by atoms with E-state index >= 15 is 0 Å². The summed E-state index contributed by atoms with van der Waals surface area (Å²) in [6.07, 6.45) is 6.05. The van der Waals surface area contributed by atoms with Gasteiger partial charge in [-0.2, -0.15) is 11.8 Å². The van der Waals surface area contributed by atoms with Crippen LogP contribution in [0.4, 0.5) is 0 Å². The van der Waals surface area contributed by atoms with Gasteiger partial charge >= 0.3 is 5.97 Å². The van der Waals surface area contributed by atoms with E-state index in [4.69, 9.17) is 11.2 Å². The van der Waals surface area contributed by atoms with Crippen LogP contribution in [0.1, 0.15) is 27.2 Å². The summed E-state index contributed by atoms with van der Waals surface area (Å²) in [5.74, 6) is 4.16. The molecule has 0 aliphatic carbocycles. The smallest absolute Gasteiger partial charge is 0.327 e. The Labute approximate surface area is 108 Å². The quantitative estimate of drug-likeness (QED) is 0.612. The van der Waals surface area contributed by atoms with Gasteiger partial charge in [0, 0.05) is 5.75 Å². The molecule has 1 aliphatic rings. The van der Waals surface area contributed by atoms with Gasteiger partial charge in [-0.05, 0) is 24.5 Å². The summed E-state index contributed by atoms with van der Waals surface area (Å²) < 4.78 is 5.19. The number of nitrogens with one attached hydrogen (secondary N) is 1. The minimum absolute atomic E-state index is 0.122. The monoisotopic (exact) mass is 255 g/mol. The molecule has 0 aromatic heterocycles. The molecule has 4 heteroatoms. The number of esters is 1. The molecule has 1 unspecified atom stereocenters. The highest BCUT2D eigenvalue weighted by Gasteiger charge is 2.46. The number of rotatable bonds is 4. The zero-order chi connectivity index (χ0) is 12.9. The number of ether oxygens (including phenoxy) is 1. The molecule has 0 aromatic rings. The summed E-state index contributed by atoms with van der Waals surface area (Å²) in [6, 6.07) is 0. The summed E-state index contributed by atoms with van der Waals surface area (Å²) in [5, 5.41) is 3.19. The fourth-order valence-corrected chi connectivity index (χ4v) is 3.65. The standard InChI is InChI=1S/C13H21NO2S/c1-5-7-14-13(11(15)16-6-2)8-12(3,4)9-17-10-13/h1,14H,6-10H2,2-4H3. The van der Waals surface area contributed by atoms with Crippen LogP contribution in [-0.2, 0) is 9.53 Å². The summed E-state index contributed by atoms with van der Waals surface area (Å²) in [5.41, 5.74) is -0.494. The zero-order valence-electron chi connectivity index (χ0n) is 10.8. The average Bonchev–Trinajstić information content (AvgIpc) is 2.25. The van der Waals surface area contributed by atoms with Gasteiger partial charge in [0.2, 0.25) is 0 Å². The SMILES string of the molecule is C#CCNC1(C(=O)OCC)CSCC(C)(C)C1. The Morgan fingerprint density at radius 3 is 2.76 bits per heavy atom. The van der Waals surface area contributed by atoms with Gasteiger partial charge in [0.05, 0.1) is 13.2 Å². The van der Waals surface area contributed by atoms with Crippen molar-refractivity contribution in [3.8, 4) is 12.3 Å². The summed E-state index contributed by atoms with van der Waals surface area (Å²) >= 11 is 1.78. The maximum absolute atomic E-state index is 12.1. The van der Waals surface area contributed by atoms with Gasteiger partial charge in [-0.3, -0.25) is 10.1 Å². The van der Waals surface area contributed by atoms with E-state index in [9.17, 15) is 4.79 Å². The first-order chi connectivity index (χ1) is 7.96. The lowest BCUT2D eigenvalue weighted by Gasteiger charge is -2.42. The van der Waals surface area contributed by atoms with E-state index < -0.39 is 5.54 Å². The van der Waals surface area contributed by atoms with Crippen molar-refractivity contribution in [3.05, 3.63) is 0 Å². The molecule has 1 saturated heterocycles. The van der Waals surface area contributed by atoms with Gasteiger partial charge < -0.3 is 4.74 Å². The average molecular weight is 255 g/mol. The fraction of sp³-hybridized carbons (Fsp3) is 0.769. The normalized spacial score (nSPS) is 27.2. The van der Waals surface area contributed by atoms with E-state index in [2.05, 4.69) is 25.1 Å². The predicted molar refractivity (Wildman–Crippen MR) is 71.9 cm³/mol. The lowest BCUT2D eigenvalue weighted by atomic mass is 9.79. The van der Waals surface area contributed by atoms with Gasteiger partial charge in [-0.25, -0.2) is 0 Å². The molecule has 1 heterocycles. The molecular formula is C13H21NO2S. The first-order valence-corrected chi connectivity index (χ1v) is 7.05. The summed E-state index contributed by atoms with van der Waals surface area (Å²) in [4.78, 5) is 12.1. The molecule has 0 radical (unpaired) electrons. The van der Waals surface area contributed by atoms with Crippen molar-refractivity contribution in [2.75, 3.05) is 24.7 Å². The predicted octanol–water partition coefficient (Wildman–Crippen LogP) is 1.67. The number of terminal acetylenes is 1. The van der Waals surface area contributed by atoms with Gasteiger partial charge in [0.1, 0.15) is 5.54 Å². The third kappa shape index (κ3) is 3.65. The molecular weight excluding hydrogens is 234 g/mol. The summed E-state index contributed by atoms with van der Waals surface area (Å²) in [7, 11) is 0. The number of carbonyl (C=O) groups excluding carboxylic acids is 1. The lowest BCUT2D eigenvalue weighted by Crippen LogP contribution is -2.59. The van der Waals surface area contributed by atoms with Crippen molar-refractivity contribution in [3.63, 3.8) is 0 Å². The van der Waals surface area contributed by atoms with Crippen molar-refractivity contribution in [1.29, 1.82) is 0 Å². The Kier molecular flexibility index (Phi) is 4.91. The van der Waals surface area contributed by atoms with Gasteiger partial charge in [-0.1, -0.05) is 19.8 Å². The molecule has 1 N–H and O–H groups in total. The maximum atomic E-state index is 12.1. The van der Waals surface area contributed by atoms with Crippen molar-refractivity contribution in [1.82, 2.24) is 5.32 Å². The number of hydrogen-bond acceptors (Lipinski definition) is 4. The Bertz CT molecular complexity index is 322. The molecule has 1 atom stereocenters. The Hall–Kier alpha value is -0.660. The molecule has 1 aliphatic heterocycles. The minimum atomic E-state index is -0.616.